The molecule has 0 bridgehead atoms. The number of carboxylic acids is 1. The van der Waals surface area contributed by atoms with Crippen molar-refractivity contribution in [2.45, 2.75) is 43.4 Å². The summed E-state index contributed by atoms with van der Waals surface area (Å²) in [5.41, 5.74) is -0.214. The number of nitrogens with one attached hydrogen (secondary N) is 2. The fourth-order valence-corrected chi connectivity index (χ4v) is 3.80. The molecule has 0 spiro atoms. The predicted molar refractivity (Wildman–Crippen MR) is 99.3 cm³/mol. The van der Waals surface area contributed by atoms with Crippen LogP contribution in [-0.2, 0) is 19.4 Å². The highest BCUT2D eigenvalue weighted by Crippen LogP contribution is 2.28. The van der Waals surface area contributed by atoms with Gasteiger partial charge in [0.1, 0.15) is 0 Å². The Kier molecular flexibility index (Phi) is 6.95. The molecule has 1 aliphatic carbocycles. The number of rotatable bonds is 8. The maximum Gasteiger partial charge on any atom is 0.335 e. The van der Waals surface area contributed by atoms with E-state index in [2.05, 4.69) is 10.6 Å². The van der Waals surface area contributed by atoms with E-state index in [1.54, 1.807) is 0 Å². The molecule has 0 unspecified atom stereocenters. The van der Waals surface area contributed by atoms with Gasteiger partial charge in [-0.1, -0.05) is 25.7 Å². The summed E-state index contributed by atoms with van der Waals surface area (Å²) < 4.78 is 23.4. The van der Waals surface area contributed by atoms with E-state index in [-0.39, 0.29) is 28.6 Å². The Morgan fingerprint density at radius 2 is 1.78 bits per heavy atom. The van der Waals surface area contributed by atoms with Crippen molar-refractivity contribution in [1.29, 1.82) is 0 Å². The molecule has 1 fully saturated rings. The van der Waals surface area contributed by atoms with Crippen LogP contribution in [0.4, 0.5) is 5.69 Å². The molecule has 148 valence electrons. The van der Waals surface area contributed by atoms with Gasteiger partial charge in [-0.05, 0) is 30.5 Å². The summed E-state index contributed by atoms with van der Waals surface area (Å²) in [7, 11) is -3.64. The number of carbonyl (C=O) groups is 3. The zero-order chi connectivity index (χ0) is 20.0. The van der Waals surface area contributed by atoms with Crippen molar-refractivity contribution in [3.05, 3.63) is 23.8 Å². The second kappa shape index (κ2) is 8.98. The van der Waals surface area contributed by atoms with Gasteiger partial charge in [0.2, 0.25) is 11.8 Å². The molecular weight excluding hydrogens is 372 g/mol. The number of hydrogen-bond donors (Lipinski definition) is 3. The third-order valence-electron chi connectivity index (χ3n) is 4.57. The molecule has 0 saturated heterocycles. The first-order valence-electron chi connectivity index (χ1n) is 8.80. The van der Waals surface area contributed by atoms with Gasteiger partial charge in [0.05, 0.1) is 17.0 Å². The van der Waals surface area contributed by atoms with Crippen LogP contribution in [0, 0.1) is 5.92 Å². The SMILES string of the molecule is CS(=O)(=O)c1cc(NC(=O)CNC(=O)CCC2CCCC2)cc(C(=O)O)c1. The number of aromatic carboxylic acids is 1. The predicted octanol–water partition coefficient (Wildman–Crippen LogP) is 1.81. The van der Waals surface area contributed by atoms with Gasteiger partial charge in [0, 0.05) is 18.4 Å². The number of benzene rings is 1. The Labute approximate surface area is 158 Å². The smallest absolute Gasteiger partial charge is 0.335 e. The number of hydrogen-bond acceptors (Lipinski definition) is 5. The first-order valence-corrected chi connectivity index (χ1v) is 10.7. The van der Waals surface area contributed by atoms with E-state index < -0.39 is 21.7 Å². The lowest BCUT2D eigenvalue weighted by Crippen LogP contribution is -2.33. The van der Waals surface area contributed by atoms with Crippen LogP contribution in [0.15, 0.2) is 23.1 Å². The minimum Gasteiger partial charge on any atom is -0.478 e. The van der Waals surface area contributed by atoms with Crippen LogP contribution in [0.25, 0.3) is 0 Å². The van der Waals surface area contributed by atoms with E-state index in [0.29, 0.717) is 12.3 Å². The Morgan fingerprint density at radius 1 is 1.11 bits per heavy atom. The first kappa shape index (κ1) is 20.9. The Bertz CT molecular complexity index is 828. The standard InChI is InChI=1S/C18H24N2O6S/c1-27(25,26)15-9-13(18(23)24)8-14(10-15)20-17(22)11-19-16(21)7-6-12-4-2-3-5-12/h8-10,12H,2-7,11H2,1H3,(H,19,21)(H,20,22)(H,23,24). The molecular formula is C18H24N2O6S. The van der Waals surface area contributed by atoms with Gasteiger partial charge in [-0.3, -0.25) is 9.59 Å². The van der Waals surface area contributed by atoms with Gasteiger partial charge in [0.25, 0.3) is 0 Å². The summed E-state index contributed by atoms with van der Waals surface area (Å²) in [6.07, 6.45) is 6.84. The molecule has 1 saturated carbocycles. The van der Waals surface area contributed by atoms with Crippen LogP contribution >= 0.6 is 0 Å². The van der Waals surface area contributed by atoms with E-state index in [1.807, 2.05) is 0 Å². The molecule has 9 heteroatoms. The van der Waals surface area contributed by atoms with Crippen molar-refractivity contribution in [1.82, 2.24) is 5.32 Å². The zero-order valence-corrected chi connectivity index (χ0v) is 16.0. The average molecular weight is 396 g/mol. The normalized spacial score (nSPS) is 14.7. The van der Waals surface area contributed by atoms with Gasteiger partial charge in [-0.25, -0.2) is 13.2 Å². The van der Waals surface area contributed by atoms with Crippen LogP contribution in [-0.4, -0.2) is 44.1 Å². The Hall–Kier alpha value is -2.42. The summed E-state index contributed by atoms with van der Waals surface area (Å²) in [5, 5.41) is 14.0. The van der Waals surface area contributed by atoms with Gasteiger partial charge in [-0.15, -0.1) is 0 Å². The molecule has 8 nitrogen and oxygen atoms in total. The van der Waals surface area contributed by atoms with Gasteiger partial charge < -0.3 is 15.7 Å². The highest BCUT2D eigenvalue weighted by molar-refractivity contribution is 7.90. The summed E-state index contributed by atoms with van der Waals surface area (Å²) in [5.74, 6) is -1.51. The topological polar surface area (TPSA) is 130 Å². The quantitative estimate of drug-likeness (QED) is 0.614. The lowest BCUT2D eigenvalue weighted by Gasteiger charge is -2.11. The molecule has 1 aromatic carbocycles. The number of carbonyl (C=O) groups excluding carboxylic acids is 2. The largest absolute Gasteiger partial charge is 0.478 e. The van der Waals surface area contributed by atoms with E-state index in [4.69, 9.17) is 5.11 Å². The lowest BCUT2D eigenvalue weighted by atomic mass is 10.0. The summed E-state index contributed by atoms with van der Waals surface area (Å²) in [4.78, 5) is 34.8. The number of sulfone groups is 1. The van der Waals surface area contributed by atoms with Crippen LogP contribution in [0.1, 0.15) is 48.9 Å². The minimum atomic E-state index is -3.64. The lowest BCUT2D eigenvalue weighted by molar-refractivity contribution is -0.124. The highest BCUT2D eigenvalue weighted by atomic mass is 32.2. The number of carboxylic acid groups (broad SMARTS) is 1. The molecule has 0 aromatic heterocycles. The molecule has 2 rings (SSSR count). The summed E-state index contributed by atoms with van der Waals surface area (Å²) in [6.45, 7) is -0.269. The molecule has 0 atom stereocenters. The Morgan fingerprint density at radius 3 is 2.37 bits per heavy atom. The molecule has 27 heavy (non-hydrogen) atoms. The molecule has 0 aliphatic heterocycles. The van der Waals surface area contributed by atoms with Crippen LogP contribution in [0.3, 0.4) is 0 Å². The molecule has 0 radical (unpaired) electrons. The maximum absolute atomic E-state index is 12.0. The van der Waals surface area contributed by atoms with Crippen molar-refractivity contribution in [3.63, 3.8) is 0 Å². The molecule has 2 amide bonds. The molecule has 3 N–H and O–H groups in total. The average Bonchev–Trinajstić information content (AvgIpc) is 3.10. The maximum atomic E-state index is 12.0. The first-order chi connectivity index (χ1) is 12.6. The van der Waals surface area contributed by atoms with E-state index in [9.17, 15) is 22.8 Å². The molecule has 1 aromatic rings. The molecule has 1 aliphatic rings. The van der Waals surface area contributed by atoms with Gasteiger partial charge >= 0.3 is 5.97 Å². The highest BCUT2D eigenvalue weighted by Gasteiger charge is 2.17. The monoisotopic (exact) mass is 396 g/mol. The van der Waals surface area contributed by atoms with E-state index in [0.717, 1.165) is 37.7 Å². The number of amides is 2. The summed E-state index contributed by atoms with van der Waals surface area (Å²) >= 11 is 0. The third kappa shape index (κ3) is 6.67. The van der Waals surface area contributed by atoms with Crippen molar-refractivity contribution >= 4 is 33.3 Å². The summed E-state index contributed by atoms with van der Waals surface area (Å²) in [6, 6.07) is 3.37. The van der Waals surface area contributed by atoms with E-state index in [1.165, 1.54) is 18.9 Å². The number of anilines is 1. The van der Waals surface area contributed by atoms with Crippen molar-refractivity contribution in [3.8, 4) is 0 Å². The fourth-order valence-electron chi connectivity index (χ4n) is 3.12. The van der Waals surface area contributed by atoms with Crippen molar-refractivity contribution < 1.29 is 27.9 Å². The fraction of sp³-hybridized carbons (Fsp3) is 0.500. The second-order valence-electron chi connectivity index (χ2n) is 6.84. The van der Waals surface area contributed by atoms with Crippen LogP contribution in [0.2, 0.25) is 0 Å². The third-order valence-corrected chi connectivity index (χ3v) is 5.66. The van der Waals surface area contributed by atoms with Crippen molar-refractivity contribution in [2.24, 2.45) is 5.92 Å². The second-order valence-corrected chi connectivity index (χ2v) is 8.85. The zero-order valence-electron chi connectivity index (χ0n) is 15.2. The van der Waals surface area contributed by atoms with E-state index >= 15 is 0 Å². The Balaban J connectivity index is 1.91. The van der Waals surface area contributed by atoms with Crippen molar-refractivity contribution in [2.75, 3.05) is 18.1 Å². The van der Waals surface area contributed by atoms with Gasteiger partial charge in [0.15, 0.2) is 9.84 Å². The molecule has 0 heterocycles. The van der Waals surface area contributed by atoms with Crippen LogP contribution < -0.4 is 10.6 Å². The minimum absolute atomic E-state index is 0.0422. The van der Waals surface area contributed by atoms with Crippen LogP contribution in [0.5, 0.6) is 0 Å². The van der Waals surface area contributed by atoms with Gasteiger partial charge in [-0.2, -0.15) is 0 Å².